The molecule has 0 saturated heterocycles. The van der Waals surface area contributed by atoms with E-state index < -0.39 is 148 Å². The molecule has 2 heterocycles. The molecule has 0 radical (unpaired) electrons. The van der Waals surface area contributed by atoms with Crippen molar-refractivity contribution in [2.45, 2.75) is 0 Å². The summed E-state index contributed by atoms with van der Waals surface area (Å²) in [6.07, 6.45) is 0. The molecule has 2 nitrogen and oxygen atoms in total. The van der Waals surface area contributed by atoms with Crippen LogP contribution in [0.25, 0.3) is 111 Å². The Kier molecular flexibility index (Phi) is 11.5. The molecule has 0 unspecified atom stereocenters. The number of fused-ring (bicyclic) bond motifs is 6. The lowest BCUT2D eigenvalue weighted by atomic mass is 9.91. The van der Waals surface area contributed by atoms with Gasteiger partial charge in [-0.05, 0) is 104 Å². The van der Waals surface area contributed by atoms with Crippen molar-refractivity contribution in [2.75, 3.05) is 0 Å². The molecule has 0 fully saturated rings. The molecule has 0 aliphatic carbocycles. The van der Waals surface area contributed by atoms with Gasteiger partial charge in [0, 0.05) is 11.4 Å². The Hall–Kier alpha value is -9.32. The Balaban J connectivity index is 1.26. The molecule has 0 N–H and O–H groups in total. The quantitative estimate of drug-likeness (QED) is 0.0855. The van der Waals surface area contributed by atoms with Crippen molar-refractivity contribution in [2.24, 2.45) is 0 Å². The molecule has 0 aliphatic heterocycles. The van der Waals surface area contributed by atoms with E-state index in [1.807, 2.05) is 24.3 Å². The van der Waals surface area contributed by atoms with Gasteiger partial charge in [0.1, 0.15) is 0 Å². The Morgan fingerprint density at radius 2 is 0.397 bits per heavy atom. The van der Waals surface area contributed by atoms with Crippen LogP contribution >= 0.6 is 0 Å². The molecule has 0 atom stereocenters. The first-order valence-corrected chi connectivity index (χ1v) is 23.0. The molecule has 2 aromatic heterocycles. The van der Waals surface area contributed by atoms with Crippen molar-refractivity contribution in [1.82, 2.24) is 9.13 Å². The molecule has 0 aliphatic rings. The maximum absolute atomic E-state index is 16.5. The van der Waals surface area contributed by atoms with Crippen LogP contribution in [0.3, 0.4) is 0 Å². The number of benzene rings is 10. The second-order valence-corrected chi connectivity index (χ2v) is 18.0. The SMILES string of the molecule is Fc1c(F)c(F)c2c(c1F)c1c(F)c(F)c(F)c(F)c1n2-c1cc(-c2cc(-c3cccc(-c4ccccc4)c3)cc(-c3cccc(-c4ccccc4)c3)c2)cc(-n2c3c(F)c(F)c(F)c(F)c3c3c(F)c(F)c(F)c(F)c32)c1. The zero-order valence-electron chi connectivity index (χ0n) is 38.8. The summed E-state index contributed by atoms with van der Waals surface area (Å²) >= 11 is 0. The summed E-state index contributed by atoms with van der Waals surface area (Å²) in [6, 6.07) is 39.2. The predicted molar refractivity (Wildman–Crippen MR) is 262 cm³/mol. The highest BCUT2D eigenvalue weighted by Crippen LogP contribution is 2.46. The summed E-state index contributed by atoms with van der Waals surface area (Å²) in [5, 5.41) is -6.84. The molecular weight excluding hydrogens is 1050 g/mol. The second kappa shape index (κ2) is 18.2. The third kappa shape index (κ3) is 7.29. The number of halogens is 16. The van der Waals surface area contributed by atoms with Crippen LogP contribution < -0.4 is 0 Å². The molecule has 0 amide bonds. The summed E-state index contributed by atoms with van der Waals surface area (Å²) in [7, 11) is 0. The molecule has 18 heteroatoms. The van der Waals surface area contributed by atoms with Crippen molar-refractivity contribution in [1.29, 1.82) is 0 Å². The smallest absolute Gasteiger partial charge is 0.199 e. The maximum atomic E-state index is 16.5. The van der Waals surface area contributed by atoms with Crippen LogP contribution in [-0.2, 0) is 0 Å². The molecule has 0 bridgehead atoms. The van der Waals surface area contributed by atoms with E-state index in [1.54, 1.807) is 91.0 Å². The Morgan fingerprint density at radius 1 is 0.179 bits per heavy atom. The van der Waals surface area contributed by atoms with Crippen LogP contribution in [0, 0.1) is 93.1 Å². The van der Waals surface area contributed by atoms with Gasteiger partial charge in [-0.2, -0.15) is 0 Å². The van der Waals surface area contributed by atoms with Crippen LogP contribution in [0.15, 0.2) is 146 Å². The maximum Gasteiger partial charge on any atom is 0.199 e. The van der Waals surface area contributed by atoms with Gasteiger partial charge in [0.05, 0.1) is 43.6 Å². The first-order chi connectivity index (χ1) is 37.4. The van der Waals surface area contributed by atoms with Gasteiger partial charge >= 0.3 is 0 Å². The van der Waals surface area contributed by atoms with Gasteiger partial charge in [-0.3, -0.25) is 0 Å². The van der Waals surface area contributed by atoms with Crippen LogP contribution in [0.5, 0.6) is 0 Å². The number of hydrogen-bond donors (Lipinski definition) is 0. The van der Waals surface area contributed by atoms with Gasteiger partial charge in [-0.1, -0.05) is 97.1 Å². The summed E-state index contributed by atoms with van der Waals surface area (Å²) in [6.45, 7) is 0. The zero-order chi connectivity index (χ0) is 54.9. The van der Waals surface area contributed by atoms with E-state index >= 15 is 70.2 Å². The fourth-order valence-electron chi connectivity index (χ4n) is 10.1. The average molecular weight is 1080 g/mol. The molecule has 78 heavy (non-hydrogen) atoms. The van der Waals surface area contributed by atoms with Crippen molar-refractivity contribution in [3.05, 3.63) is 239 Å². The number of hydrogen-bond acceptors (Lipinski definition) is 0. The normalized spacial score (nSPS) is 11.8. The van der Waals surface area contributed by atoms with E-state index in [1.165, 1.54) is 12.1 Å². The first-order valence-electron chi connectivity index (χ1n) is 23.0. The minimum absolute atomic E-state index is 0.0270. The third-order valence-corrected chi connectivity index (χ3v) is 13.7. The highest BCUT2D eigenvalue weighted by Gasteiger charge is 2.36. The minimum Gasteiger partial charge on any atom is -0.303 e. The lowest BCUT2D eigenvalue weighted by Crippen LogP contribution is -2.07. The van der Waals surface area contributed by atoms with Gasteiger partial charge in [0.15, 0.2) is 93.1 Å². The largest absolute Gasteiger partial charge is 0.303 e. The zero-order valence-corrected chi connectivity index (χ0v) is 38.8. The third-order valence-electron chi connectivity index (χ3n) is 13.7. The van der Waals surface area contributed by atoms with E-state index in [2.05, 4.69) is 0 Å². The van der Waals surface area contributed by atoms with E-state index in [-0.39, 0.29) is 20.3 Å². The van der Waals surface area contributed by atoms with E-state index in [9.17, 15) is 0 Å². The Labute approximate surface area is 427 Å². The van der Waals surface area contributed by atoms with Gasteiger partial charge < -0.3 is 9.13 Å². The molecule has 12 rings (SSSR count). The van der Waals surface area contributed by atoms with E-state index in [0.29, 0.717) is 39.4 Å². The fourth-order valence-corrected chi connectivity index (χ4v) is 10.1. The first kappa shape index (κ1) is 49.6. The molecule has 386 valence electrons. The monoisotopic (exact) mass is 1080 g/mol. The minimum atomic E-state index is -2.63. The molecule has 0 saturated carbocycles. The standard InChI is InChI=1S/C60H24F16N2/c61-41-37-38-42(62)46(66)50(70)54(74)58(38)77(57(37)53(73)49(69)45(41)65)35-22-34(23-36(24-35)78-59-39(43(63)47(67)51(71)55(59)75)40-44(64)48(68)52(72)56(76)60(40)78)33-20-31(29-15-7-13-27(17-29)25-9-3-1-4-10-25)19-32(21-33)30-16-8-14-28(18-30)26-11-5-2-6-12-26/h1-24H. The van der Waals surface area contributed by atoms with Crippen molar-refractivity contribution in [3.8, 4) is 67.0 Å². The second-order valence-electron chi connectivity index (χ2n) is 18.0. The van der Waals surface area contributed by atoms with Crippen LogP contribution in [0.4, 0.5) is 70.2 Å². The summed E-state index contributed by atoms with van der Waals surface area (Å²) in [5.74, 6) is -40.5. The van der Waals surface area contributed by atoms with Crippen LogP contribution in [0.2, 0.25) is 0 Å². The average Bonchev–Trinajstić information content (AvgIpc) is 4.19. The highest BCUT2D eigenvalue weighted by atomic mass is 19.2. The Morgan fingerprint density at radius 3 is 0.692 bits per heavy atom. The van der Waals surface area contributed by atoms with Crippen LogP contribution in [0.1, 0.15) is 0 Å². The summed E-state index contributed by atoms with van der Waals surface area (Å²) in [4.78, 5) is 0. The number of nitrogens with zero attached hydrogens (tertiary/aromatic N) is 2. The van der Waals surface area contributed by atoms with Gasteiger partial charge in [-0.15, -0.1) is 0 Å². The van der Waals surface area contributed by atoms with Crippen molar-refractivity contribution < 1.29 is 70.2 Å². The Bertz CT molecular complexity index is 4130. The lowest BCUT2D eigenvalue weighted by Gasteiger charge is -2.18. The molecule has 10 aromatic carbocycles. The number of aromatic nitrogens is 2. The van der Waals surface area contributed by atoms with Gasteiger partial charge in [0.25, 0.3) is 0 Å². The summed E-state index contributed by atoms with van der Waals surface area (Å²) in [5.41, 5.74) is -4.29. The van der Waals surface area contributed by atoms with Gasteiger partial charge in [0.2, 0.25) is 0 Å². The van der Waals surface area contributed by atoms with Crippen molar-refractivity contribution in [3.63, 3.8) is 0 Å². The summed E-state index contributed by atoms with van der Waals surface area (Å²) < 4.78 is 252. The van der Waals surface area contributed by atoms with E-state index in [0.717, 1.165) is 23.3 Å². The topological polar surface area (TPSA) is 9.86 Å². The highest BCUT2D eigenvalue weighted by molar-refractivity contribution is 6.12. The van der Waals surface area contributed by atoms with Crippen molar-refractivity contribution >= 4 is 43.6 Å². The van der Waals surface area contributed by atoms with Gasteiger partial charge in [-0.25, -0.2) is 70.2 Å². The lowest BCUT2D eigenvalue weighted by molar-refractivity contribution is 0.416. The predicted octanol–water partition coefficient (Wildman–Crippen LogP) is 18.4. The molecule has 12 aromatic rings. The van der Waals surface area contributed by atoms with Crippen LogP contribution in [-0.4, -0.2) is 9.13 Å². The number of rotatable bonds is 7. The molecule has 0 spiro atoms. The fraction of sp³-hybridized carbons (Fsp3) is 0. The molecular formula is C60H24F16N2. The van der Waals surface area contributed by atoms with E-state index in [4.69, 9.17) is 0 Å².